The van der Waals surface area contributed by atoms with Gasteiger partial charge in [0.25, 0.3) is 5.91 Å². The summed E-state index contributed by atoms with van der Waals surface area (Å²) in [4.78, 5) is 26.9. The lowest BCUT2D eigenvalue weighted by molar-refractivity contribution is -0.116. The van der Waals surface area contributed by atoms with Crippen molar-refractivity contribution in [3.05, 3.63) is 57.7 Å². The number of anilines is 1. The fourth-order valence-electron chi connectivity index (χ4n) is 2.04. The Labute approximate surface area is 153 Å². The number of rotatable bonds is 5. The first kappa shape index (κ1) is 17.8. The van der Waals surface area contributed by atoms with E-state index in [4.69, 9.17) is 0 Å². The predicted octanol–water partition coefficient (Wildman–Crippen LogP) is 3.72. The Balaban J connectivity index is 1.99. The van der Waals surface area contributed by atoms with Crippen LogP contribution in [-0.2, 0) is 4.79 Å². The summed E-state index contributed by atoms with van der Waals surface area (Å²) in [6.07, 6.45) is 1.96. The van der Waals surface area contributed by atoms with E-state index in [-0.39, 0.29) is 18.4 Å². The standard InChI is InChI=1S/C17H17IN2O2S/c1-20(17(22)12-7-9-13(18)10-8-12)11-16(21)19-14-5-3-4-6-15(14)23-2/h3-10H,11H2,1-2H3,(H,19,21). The number of nitrogens with zero attached hydrogens (tertiary/aromatic N) is 1. The van der Waals surface area contributed by atoms with Crippen molar-refractivity contribution < 1.29 is 9.59 Å². The Morgan fingerprint density at radius 1 is 1.13 bits per heavy atom. The molecule has 0 radical (unpaired) electrons. The molecule has 0 saturated carbocycles. The molecule has 2 amide bonds. The topological polar surface area (TPSA) is 49.4 Å². The minimum Gasteiger partial charge on any atom is -0.332 e. The maximum atomic E-state index is 12.3. The molecule has 1 N–H and O–H groups in total. The highest BCUT2D eigenvalue weighted by molar-refractivity contribution is 14.1. The van der Waals surface area contributed by atoms with E-state index in [2.05, 4.69) is 27.9 Å². The van der Waals surface area contributed by atoms with Crippen molar-refractivity contribution in [2.45, 2.75) is 4.90 Å². The Morgan fingerprint density at radius 3 is 2.43 bits per heavy atom. The first-order valence-electron chi connectivity index (χ1n) is 6.95. The minimum absolute atomic E-state index is 0.00748. The van der Waals surface area contributed by atoms with Crippen LogP contribution < -0.4 is 5.32 Å². The molecule has 0 bridgehead atoms. The van der Waals surface area contributed by atoms with Gasteiger partial charge in [-0.2, -0.15) is 0 Å². The number of hydrogen-bond acceptors (Lipinski definition) is 3. The van der Waals surface area contributed by atoms with Crippen molar-refractivity contribution in [1.29, 1.82) is 0 Å². The quantitative estimate of drug-likeness (QED) is 0.570. The second-order valence-corrected chi connectivity index (χ2v) is 7.01. The molecule has 0 aromatic heterocycles. The van der Waals surface area contributed by atoms with Crippen molar-refractivity contribution in [3.63, 3.8) is 0 Å². The number of likely N-dealkylation sites (N-methyl/N-ethyl adjacent to an activating group) is 1. The van der Waals surface area contributed by atoms with E-state index in [1.54, 1.807) is 30.9 Å². The monoisotopic (exact) mass is 440 g/mol. The summed E-state index contributed by atoms with van der Waals surface area (Å²) >= 11 is 3.75. The van der Waals surface area contributed by atoms with Crippen LogP contribution in [0.1, 0.15) is 10.4 Å². The summed E-state index contributed by atoms with van der Waals surface area (Å²) in [6.45, 7) is 0.00748. The number of carbonyl (C=O) groups excluding carboxylic acids is 2. The van der Waals surface area contributed by atoms with Crippen molar-refractivity contribution >= 4 is 51.9 Å². The zero-order valence-corrected chi connectivity index (χ0v) is 15.8. The maximum Gasteiger partial charge on any atom is 0.254 e. The molecule has 2 aromatic rings. The van der Waals surface area contributed by atoms with Crippen molar-refractivity contribution in [1.82, 2.24) is 4.90 Å². The zero-order valence-electron chi connectivity index (χ0n) is 12.9. The molecule has 2 aromatic carbocycles. The number of nitrogens with one attached hydrogen (secondary N) is 1. The van der Waals surface area contributed by atoms with Crippen LogP contribution in [0, 0.1) is 3.57 Å². The molecule has 0 unspecified atom stereocenters. The molecule has 0 heterocycles. The number of hydrogen-bond donors (Lipinski definition) is 1. The number of para-hydroxylation sites is 1. The molecular formula is C17H17IN2O2S. The van der Waals surface area contributed by atoms with Gasteiger partial charge in [0.05, 0.1) is 12.2 Å². The van der Waals surface area contributed by atoms with Crippen LogP contribution in [0.3, 0.4) is 0 Å². The highest BCUT2D eigenvalue weighted by Crippen LogP contribution is 2.24. The van der Waals surface area contributed by atoms with Crippen LogP contribution in [0.4, 0.5) is 5.69 Å². The number of carbonyl (C=O) groups is 2. The Morgan fingerprint density at radius 2 is 1.78 bits per heavy atom. The third kappa shape index (κ3) is 4.97. The third-order valence-corrected chi connectivity index (χ3v) is 4.71. The average molecular weight is 440 g/mol. The number of amides is 2. The SMILES string of the molecule is CSc1ccccc1NC(=O)CN(C)C(=O)c1ccc(I)cc1. The summed E-state index contributed by atoms with van der Waals surface area (Å²) in [6, 6.07) is 14.9. The minimum atomic E-state index is -0.215. The first-order valence-corrected chi connectivity index (χ1v) is 9.25. The molecule has 0 fully saturated rings. The molecule has 6 heteroatoms. The third-order valence-electron chi connectivity index (χ3n) is 3.20. The highest BCUT2D eigenvalue weighted by atomic mass is 127. The summed E-state index contributed by atoms with van der Waals surface area (Å²) < 4.78 is 1.06. The Hall–Kier alpha value is -1.54. The maximum absolute atomic E-state index is 12.3. The lowest BCUT2D eigenvalue weighted by Crippen LogP contribution is -2.35. The van der Waals surface area contributed by atoms with Crippen LogP contribution in [0.2, 0.25) is 0 Å². The lowest BCUT2D eigenvalue weighted by Gasteiger charge is -2.17. The van der Waals surface area contributed by atoms with Gasteiger partial charge in [-0.3, -0.25) is 9.59 Å². The zero-order chi connectivity index (χ0) is 16.8. The van der Waals surface area contributed by atoms with Gasteiger partial charge in [-0.05, 0) is 65.2 Å². The molecule has 4 nitrogen and oxygen atoms in total. The number of thioether (sulfide) groups is 1. The largest absolute Gasteiger partial charge is 0.332 e. The molecule has 0 spiro atoms. The fraction of sp³-hybridized carbons (Fsp3) is 0.176. The summed E-state index contributed by atoms with van der Waals surface area (Å²) in [5.41, 5.74) is 1.34. The summed E-state index contributed by atoms with van der Waals surface area (Å²) in [5.74, 6) is -0.387. The van der Waals surface area contributed by atoms with Crippen molar-refractivity contribution in [2.75, 3.05) is 25.2 Å². The van der Waals surface area contributed by atoms with Crippen LogP contribution in [0.15, 0.2) is 53.4 Å². The predicted molar refractivity (Wildman–Crippen MR) is 103 cm³/mol. The molecule has 2 rings (SSSR count). The second-order valence-electron chi connectivity index (χ2n) is 4.92. The molecule has 0 aliphatic carbocycles. The van der Waals surface area contributed by atoms with Gasteiger partial charge < -0.3 is 10.2 Å². The Bertz CT molecular complexity index is 704. The highest BCUT2D eigenvalue weighted by Gasteiger charge is 2.15. The molecule has 120 valence electrons. The average Bonchev–Trinajstić information content (AvgIpc) is 2.55. The molecular weight excluding hydrogens is 423 g/mol. The van der Waals surface area contributed by atoms with E-state index in [1.165, 1.54) is 4.90 Å². The number of halogens is 1. The van der Waals surface area contributed by atoms with Gasteiger partial charge in [0, 0.05) is 21.1 Å². The van der Waals surface area contributed by atoms with E-state index in [0.29, 0.717) is 5.56 Å². The Kier molecular flexibility index (Phi) is 6.47. The van der Waals surface area contributed by atoms with Crippen LogP contribution in [0.25, 0.3) is 0 Å². The van der Waals surface area contributed by atoms with Gasteiger partial charge >= 0.3 is 0 Å². The van der Waals surface area contributed by atoms with Crippen LogP contribution in [-0.4, -0.2) is 36.6 Å². The second kappa shape index (κ2) is 8.35. The molecule has 0 aliphatic heterocycles. The van der Waals surface area contributed by atoms with Gasteiger partial charge in [0.2, 0.25) is 5.91 Å². The van der Waals surface area contributed by atoms with E-state index in [1.807, 2.05) is 42.7 Å². The fourth-order valence-corrected chi connectivity index (χ4v) is 2.95. The van der Waals surface area contributed by atoms with Gasteiger partial charge in [0.1, 0.15) is 0 Å². The first-order chi connectivity index (χ1) is 11.0. The molecule has 23 heavy (non-hydrogen) atoms. The molecule has 0 saturated heterocycles. The molecule has 0 atom stereocenters. The van der Waals surface area contributed by atoms with Crippen LogP contribution in [0.5, 0.6) is 0 Å². The van der Waals surface area contributed by atoms with E-state index in [0.717, 1.165) is 14.2 Å². The van der Waals surface area contributed by atoms with Gasteiger partial charge in [-0.15, -0.1) is 11.8 Å². The normalized spacial score (nSPS) is 10.2. The van der Waals surface area contributed by atoms with E-state index < -0.39 is 0 Å². The van der Waals surface area contributed by atoms with E-state index in [9.17, 15) is 9.59 Å². The van der Waals surface area contributed by atoms with Gasteiger partial charge in [0.15, 0.2) is 0 Å². The smallest absolute Gasteiger partial charge is 0.254 e. The number of benzene rings is 2. The summed E-state index contributed by atoms with van der Waals surface area (Å²) in [5, 5.41) is 2.85. The van der Waals surface area contributed by atoms with Crippen LogP contribution >= 0.6 is 34.4 Å². The lowest BCUT2D eigenvalue weighted by atomic mass is 10.2. The van der Waals surface area contributed by atoms with Crippen molar-refractivity contribution in [2.24, 2.45) is 0 Å². The summed E-state index contributed by atoms with van der Waals surface area (Å²) in [7, 11) is 1.63. The van der Waals surface area contributed by atoms with Crippen molar-refractivity contribution in [3.8, 4) is 0 Å². The van der Waals surface area contributed by atoms with Gasteiger partial charge in [-0.25, -0.2) is 0 Å². The molecule has 0 aliphatic rings. The van der Waals surface area contributed by atoms with Gasteiger partial charge in [-0.1, -0.05) is 12.1 Å². The van der Waals surface area contributed by atoms with E-state index >= 15 is 0 Å².